The highest BCUT2D eigenvalue weighted by Crippen LogP contribution is 2.19. The molecule has 2 atom stereocenters. The Bertz CT molecular complexity index is 490. The molecular weight excluding hydrogens is 273 g/mol. The molecule has 0 aliphatic rings. The van der Waals surface area contributed by atoms with Crippen LogP contribution in [0.4, 0.5) is 4.39 Å². The van der Waals surface area contributed by atoms with Crippen molar-refractivity contribution >= 4 is 11.9 Å². The second kappa shape index (κ2) is 8.39. The zero-order valence-electron chi connectivity index (χ0n) is 12.4. The topological polar surface area (TPSA) is 66.4 Å². The minimum Gasteiger partial charge on any atom is -0.480 e. The predicted molar refractivity (Wildman–Crippen MR) is 78.5 cm³/mol. The van der Waals surface area contributed by atoms with Crippen LogP contribution in [0.2, 0.25) is 0 Å². The molecular formula is C16H22FNO3. The van der Waals surface area contributed by atoms with Crippen molar-refractivity contribution < 1.29 is 19.1 Å². The van der Waals surface area contributed by atoms with Crippen LogP contribution in [0.15, 0.2) is 24.3 Å². The smallest absolute Gasteiger partial charge is 0.326 e. The lowest BCUT2D eigenvalue weighted by molar-refractivity contribution is -0.142. The van der Waals surface area contributed by atoms with E-state index in [4.69, 9.17) is 5.11 Å². The number of carboxylic acid groups (broad SMARTS) is 1. The summed E-state index contributed by atoms with van der Waals surface area (Å²) in [5.41, 5.74) is 0.727. The number of hydrogen-bond donors (Lipinski definition) is 2. The molecule has 1 amide bonds. The molecule has 21 heavy (non-hydrogen) atoms. The SMILES string of the molecule is CCCC[C@H](NC(=O)CC(C)c1cccc(F)c1)C(=O)O. The zero-order chi connectivity index (χ0) is 15.8. The van der Waals surface area contributed by atoms with Crippen LogP contribution >= 0.6 is 0 Å². The Kier molecular flexibility index (Phi) is 6.85. The normalized spacial score (nSPS) is 13.5. The number of rotatable bonds is 8. The van der Waals surface area contributed by atoms with Gasteiger partial charge in [-0.25, -0.2) is 9.18 Å². The van der Waals surface area contributed by atoms with Crippen LogP contribution < -0.4 is 5.32 Å². The highest BCUT2D eigenvalue weighted by molar-refractivity contribution is 5.83. The fourth-order valence-corrected chi connectivity index (χ4v) is 2.13. The fourth-order valence-electron chi connectivity index (χ4n) is 2.13. The van der Waals surface area contributed by atoms with Crippen molar-refractivity contribution in [3.05, 3.63) is 35.6 Å². The van der Waals surface area contributed by atoms with E-state index < -0.39 is 12.0 Å². The number of nitrogens with one attached hydrogen (secondary N) is 1. The predicted octanol–water partition coefficient (Wildman–Crippen LogP) is 3.08. The molecule has 4 nitrogen and oxygen atoms in total. The summed E-state index contributed by atoms with van der Waals surface area (Å²) in [5, 5.41) is 11.6. The van der Waals surface area contributed by atoms with Gasteiger partial charge in [0.2, 0.25) is 5.91 Å². The third kappa shape index (κ3) is 5.94. The van der Waals surface area contributed by atoms with Crippen LogP contribution in [0.1, 0.15) is 51.0 Å². The number of carbonyl (C=O) groups is 2. The summed E-state index contributed by atoms with van der Waals surface area (Å²) in [6, 6.07) is 5.25. The summed E-state index contributed by atoms with van der Waals surface area (Å²) in [5.74, 6) is -1.85. The van der Waals surface area contributed by atoms with Gasteiger partial charge in [0.25, 0.3) is 0 Å². The summed E-state index contributed by atoms with van der Waals surface area (Å²) in [6.45, 7) is 3.78. The molecule has 0 aromatic heterocycles. The lowest BCUT2D eigenvalue weighted by Gasteiger charge is -2.16. The first kappa shape index (κ1) is 17.1. The average Bonchev–Trinajstić information content (AvgIpc) is 2.43. The summed E-state index contributed by atoms with van der Waals surface area (Å²) < 4.78 is 13.1. The monoisotopic (exact) mass is 295 g/mol. The van der Waals surface area contributed by atoms with Gasteiger partial charge in [-0.3, -0.25) is 4.79 Å². The highest BCUT2D eigenvalue weighted by atomic mass is 19.1. The molecule has 0 fully saturated rings. The van der Waals surface area contributed by atoms with Crippen LogP contribution in [-0.2, 0) is 9.59 Å². The number of aliphatic carboxylic acids is 1. The number of amides is 1. The van der Waals surface area contributed by atoms with E-state index in [-0.39, 0.29) is 24.1 Å². The molecule has 0 saturated heterocycles. The molecule has 0 saturated carbocycles. The summed E-state index contributed by atoms with van der Waals surface area (Å²) in [7, 11) is 0. The van der Waals surface area contributed by atoms with Gasteiger partial charge in [0.1, 0.15) is 11.9 Å². The molecule has 1 rings (SSSR count). The van der Waals surface area contributed by atoms with E-state index in [1.165, 1.54) is 12.1 Å². The zero-order valence-corrected chi connectivity index (χ0v) is 12.4. The first-order valence-electron chi connectivity index (χ1n) is 7.21. The Labute approximate surface area is 124 Å². The van der Waals surface area contributed by atoms with Gasteiger partial charge in [-0.2, -0.15) is 0 Å². The van der Waals surface area contributed by atoms with Crippen LogP contribution in [0, 0.1) is 5.82 Å². The van der Waals surface area contributed by atoms with Crippen molar-refractivity contribution in [2.24, 2.45) is 0 Å². The van der Waals surface area contributed by atoms with E-state index in [1.54, 1.807) is 12.1 Å². The maximum atomic E-state index is 13.1. The highest BCUT2D eigenvalue weighted by Gasteiger charge is 2.20. The largest absolute Gasteiger partial charge is 0.480 e. The standard InChI is InChI=1S/C16H22FNO3/c1-3-4-8-14(16(20)21)18-15(19)9-11(2)12-6-5-7-13(17)10-12/h5-7,10-11,14H,3-4,8-9H2,1-2H3,(H,18,19)(H,20,21)/t11?,14-/m0/s1. The minimum atomic E-state index is -1.02. The van der Waals surface area contributed by atoms with E-state index in [2.05, 4.69) is 5.32 Å². The van der Waals surface area contributed by atoms with Crippen LogP contribution in [0.25, 0.3) is 0 Å². The maximum absolute atomic E-state index is 13.1. The minimum absolute atomic E-state index is 0.138. The molecule has 0 aliphatic carbocycles. The van der Waals surface area contributed by atoms with Crippen LogP contribution in [0.3, 0.4) is 0 Å². The van der Waals surface area contributed by atoms with E-state index in [0.29, 0.717) is 6.42 Å². The average molecular weight is 295 g/mol. The lowest BCUT2D eigenvalue weighted by atomic mass is 9.97. The quantitative estimate of drug-likeness (QED) is 0.774. The number of unbranched alkanes of at least 4 members (excludes halogenated alkanes) is 1. The molecule has 1 aromatic rings. The molecule has 0 aliphatic heterocycles. The number of carboxylic acids is 1. The van der Waals surface area contributed by atoms with Crippen molar-refractivity contribution in [2.45, 2.75) is 51.5 Å². The number of benzene rings is 1. The van der Waals surface area contributed by atoms with Crippen LogP contribution in [-0.4, -0.2) is 23.0 Å². The Morgan fingerprint density at radius 2 is 2.10 bits per heavy atom. The van der Waals surface area contributed by atoms with Gasteiger partial charge in [-0.15, -0.1) is 0 Å². The molecule has 0 spiro atoms. The van der Waals surface area contributed by atoms with Gasteiger partial charge >= 0.3 is 5.97 Å². The Morgan fingerprint density at radius 1 is 1.38 bits per heavy atom. The van der Waals surface area contributed by atoms with Gasteiger partial charge in [0, 0.05) is 6.42 Å². The van der Waals surface area contributed by atoms with Gasteiger partial charge in [-0.1, -0.05) is 38.8 Å². The molecule has 1 aromatic carbocycles. The summed E-state index contributed by atoms with van der Waals surface area (Å²) in [4.78, 5) is 23.0. The lowest BCUT2D eigenvalue weighted by Crippen LogP contribution is -2.41. The third-order valence-electron chi connectivity index (χ3n) is 3.39. The Hall–Kier alpha value is -1.91. The Morgan fingerprint density at radius 3 is 2.67 bits per heavy atom. The van der Waals surface area contributed by atoms with Crippen molar-refractivity contribution in [2.75, 3.05) is 0 Å². The summed E-state index contributed by atoms with van der Waals surface area (Å²) in [6.07, 6.45) is 2.18. The Balaban J connectivity index is 2.57. The molecule has 5 heteroatoms. The fraction of sp³-hybridized carbons (Fsp3) is 0.500. The second-order valence-corrected chi connectivity index (χ2v) is 5.26. The first-order chi connectivity index (χ1) is 9.93. The van der Waals surface area contributed by atoms with E-state index in [1.807, 2.05) is 13.8 Å². The van der Waals surface area contributed by atoms with Crippen molar-refractivity contribution in [1.29, 1.82) is 0 Å². The van der Waals surface area contributed by atoms with E-state index in [0.717, 1.165) is 18.4 Å². The third-order valence-corrected chi connectivity index (χ3v) is 3.39. The van der Waals surface area contributed by atoms with Gasteiger partial charge in [0.05, 0.1) is 0 Å². The molecule has 116 valence electrons. The van der Waals surface area contributed by atoms with Gasteiger partial charge in [-0.05, 0) is 30.0 Å². The van der Waals surface area contributed by atoms with Crippen molar-refractivity contribution in [3.63, 3.8) is 0 Å². The van der Waals surface area contributed by atoms with Crippen molar-refractivity contribution in [1.82, 2.24) is 5.32 Å². The van der Waals surface area contributed by atoms with Crippen molar-refractivity contribution in [3.8, 4) is 0 Å². The van der Waals surface area contributed by atoms with Crippen LogP contribution in [0.5, 0.6) is 0 Å². The first-order valence-corrected chi connectivity index (χ1v) is 7.21. The number of halogens is 1. The molecule has 0 heterocycles. The van der Waals surface area contributed by atoms with Gasteiger partial charge in [0.15, 0.2) is 0 Å². The second-order valence-electron chi connectivity index (χ2n) is 5.26. The van der Waals surface area contributed by atoms with E-state index in [9.17, 15) is 14.0 Å². The van der Waals surface area contributed by atoms with E-state index >= 15 is 0 Å². The van der Waals surface area contributed by atoms with Gasteiger partial charge < -0.3 is 10.4 Å². The maximum Gasteiger partial charge on any atom is 0.326 e. The molecule has 0 bridgehead atoms. The number of carbonyl (C=O) groups excluding carboxylic acids is 1. The summed E-state index contributed by atoms with van der Waals surface area (Å²) >= 11 is 0. The molecule has 0 radical (unpaired) electrons. The number of hydrogen-bond acceptors (Lipinski definition) is 2. The molecule has 2 N–H and O–H groups in total. The molecule has 1 unspecified atom stereocenters.